The molecule has 13 heteroatoms. The van der Waals surface area contributed by atoms with Crippen molar-refractivity contribution in [3.8, 4) is 11.7 Å². The van der Waals surface area contributed by atoms with E-state index in [1.165, 1.54) is 42.1 Å². The molecule has 188 valence electrons. The van der Waals surface area contributed by atoms with E-state index in [9.17, 15) is 13.6 Å². The van der Waals surface area contributed by atoms with Crippen molar-refractivity contribution in [1.29, 1.82) is 0 Å². The van der Waals surface area contributed by atoms with Crippen LogP contribution >= 0.6 is 11.8 Å². The van der Waals surface area contributed by atoms with Crippen LogP contribution in [0, 0.1) is 6.92 Å². The molecule has 5 aromatic rings. The first-order valence-corrected chi connectivity index (χ1v) is 12.0. The van der Waals surface area contributed by atoms with Crippen LogP contribution in [0.15, 0.2) is 71.9 Å². The second kappa shape index (κ2) is 9.93. The molecular weight excluding hydrogens is 502 g/mol. The summed E-state index contributed by atoms with van der Waals surface area (Å²) in [4.78, 5) is 21.2. The Labute approximate surface area is 213 Å². The molecule has 0 fully saturated rings. The molecule has 10 nitrogen and oxygen atoms in total. The molecule has 2 aromatic carbocycles. The van der Waals surface area contributed by atoms with Crippen molar-refractivity contribution in [2.24, 2.45) is 7.05 Å². The standard InChI is InChI=1S/C24H20F2N8O2S/c1-15-11-12-18-19(13-15)34(22-30-31-32-33(22)2)23(28-18)37-14-16-7-6-10-20(27-16)29-21(35)24(25,26)36-17-8-4-3-5-9-17/h3-13H,14H2,1-2H3,(H,27,29,35). The monoisotopic (exact) mass is 522 g/mol. The third-order valence-electron chi connectivity index (χ3n) is 5.23. The largest absolute Gasteiger partial charge is 0.482 e. The van der Waals surface area contributed by atoms with Gasteiger partial charge in [0.25, 0.3) is 5.95 Å². The van der Waals surface area contributed by atoms with Gasteiger partial charge in [0.1, 0.15) is 11.6 Å². The molecule has 3 heterocycles. The van der Waals surface area contributed by atoms with Gasteiger partial charge < -0.3 is 10.1 Å². The summed E-state index contributed by atoms with van der Waals surface area (Å²) in [5.74, 6) is -0.947. The molecule has 1 N–H and O–H groups in total. The number of para-hydroxylation sites is 1. The summed E-state index contributed by atoms with van der Waals surface area (Å²) in [6.07, 6.45) is -4.08. The number of alkyl halides is 2. The number of amides is 1. The van der Waals surface area contributed by atoms with Crippen molar-refractivity contribution in [3.05, 3.63) is 78.0 Å². The van der Waals surface area contributed by atoms with Crippen molar-refractivity contribution in [1.82, 2.24) is 34.7 Å². The van der Waals surface area contributed by atoms with E-state index in [2.05, 4.69) is 30.6 Å². The number of hydrogen-bond donors (Lipinski definition) is 1. The maximum absolute atomic E-state index is 14.3. The Bertz CT molecular complexity index is 1570. The third-order valence-corrected chi connectivity index (χ3v) is 6.20. The number of pyridine rings is 1. The summed E-state index contributed by atoms with van der Waals surface area (Å²) in [5.41, 5.74) is 3.21. The molecule has 0 radical (unpaired) electrons. The van der Waals surface area contributed by atoms with E-state index < -0.39 is 12.0 Å². The van der Waals surface area contributed by atoms with E-state index in [1.54, 1.807) is 29.9 Å². The van der Waals surface area contributed by atoms with E-state index in [0.29, 0.717) is 22.6 Å². The molecule has 1 amide bonds. The molecule has 3 aromatic heterocycles. The Hall–Kier alpha value is -4.39. The number of thioether (sulfide) groups is 1. The van der Waals surface area contributed by atoms with Gasteiger partial charge in [-0.25, -0.2) is 14.6 Å². The number of fused-ring (bicyclic) bond motifs is 1. The number of imidazole rings is 1. The minimum Gasteiger partial charge on any atom is -0.425 e. The quantitative estimate of drug-likeness (QED) is 0.303. The summed E-state index contributed by atoms with van der Waals surface area (Å²) >= 11 is 1.37. The molecule has 37 heavy (non-hydrogen) atoms. The first kappa shape index (κ1) is 24.3. The van der Waals surface area contributed by atoms with Crippen LogP contribution < -0.4 is 10.1 Å². The normalized spacial score (nSPS) is 11.6. The zero-order valence-corrected chi connectivity index (χ0v) is 20.5. The van der Waals surface area contributed by atoms with E-state index in [4.69, 9.17) is 4.98 Å². The topological polar surface area (TPSA) is 113 Å². The number of hydrogen-bond acceptors (Lipinski definition) is 8. The molecular formula is C24H20F2N8O2S. The van der Waals surface area contributed by atoms with Crippen molar-refractivity contribution in [2.75, 3.05) is 5.32 Å². The lowest BCUT2D eigenvalue weighted by atomic mass is 10.2. The summed E-state index contributed by atoms with van der Waals surface area (Å²) in [6.45, 7) is 1.98. The highest BCUT2D eigenvalue weighted by molar-refractivity contribution is 7.98. The molecule has 0 aliphatic carbocycles. The van der Waals surface area contributed by atoms with Gasteiger partial charge in [-0.05, 0) is 59.3 Å². The highest BCUT2D eigenvalue weighted by Crippen LogP contribution is 2.30. The average molecular weight is 523 g/mol. The number of nitrogens with one attached hydrogen (secondary N) is 1. The van der Waals surface area contributed by atoms with Crippen molar-refractivity contribution in [2.45, 2.75) is 23.9 Å². The second-order valence-electron chi connectivity index (χ2n) is 8.01. The molecule has 0 saturated carbocycles. The maximum Gasteiger partial charge on any atom is 0.482 e. The number of rotatable bonds is 8. The maximum atomic E-state index is 14.3. The molecule has 0 aliphatic heterocycles. The molecule has 0 saturated heterocycles. The molecule has 5 rings (SSSR count). The van der Waals surface area contributed by atoms with E-state index in [0.717, 1.165) is 16.6 Å². The Kier molecular flexibility index (Phi) is 6.53. The Morgan fingerprint density at radius 1 is 1.08 bits per heavy atom. The number of carbonyl (C=O) groups excluding carboxylic acids is 1. The van der Waals surface area contributed by atoms with Crippen LogP contribution in [-0.4, -0.2) is 46.8 Å². The number of halogens is 2. The number of nitrogens with zero attached hydrogens (tertiary/aromatic N) is 7. The van der Waals surface area contributed by atoms with E-state index in [1.807, 2.05) is 29.7 Å². The fraction of sp³-hybridized carbons (Fsp3) is 0.167. The van der Waals surface area contributed by atoms with Crippen LogP contribution in [0.3, 0.4) is 0 Å². The highest BCUT2D eigenvalue weighted by atomic mass is 32.2. The van der Waals surface area contributed by atoms with Gasteiger partial charge in [-0.3, -0.25) is 9.36 Å². The molecule has 0 atom stereocenters. The van der Waals surface area contributed by atoms with Crippen LogP contribution in [0.2, 0.25) is 0 Å². The number of benzene rings is 2. The minimum absolute atomic E-state index is 0.0268. The van der Waals surface area contributed by atoms with Crippen molar-refractivity contribution >= 4 is 34.5 Å². The van der Waals surface area contributed by atoms with Crippen LogP contribution in [0.1, 0.15) is 11.3 Å². The number of carbonyl (C=O) groups is 1. The van der Waals surface area contributed by atoms with Gasteiger partial charge in [-0.15, -0.1) is 0 Å². The number of tetrazole rings is 1. The van der Waals surface area contributed by atoms with E-state index in [-0.39, 0.29) is 11.6 Å². The zero-order chi connectivity index (χ0) is 26.0. The average Bonchev–Trinajstić information content (AvgIpc) is 3.45. The molecule has 0 bridgehead atoms. The number of aromatic nitrogens is 7. The van der Waals surface area contributed by atoms with E-state index >= 15 is 0 Å². The predicted octanol–water partition coefficient (Wildman–Crippen LogP) is 4.16. The fourth-order valence-electron chi connectivity index (χ4n) is 3.51. The third kappa shape index (κ3) is 5.26. The second-order valence-corrected chi connectivity index (χ2v) is 8.96. The van der Waals surface area contributed by atoms with Crippen molar-refractivity contribution < 1.29 is 18.3 Å². The lowest BCUT2D eigenvalue weighted by Gasteiger charge is -2.17. The lowest BCUT2D eigenvalue weighted by molar-refractivity contribution is -0.187. The Balaban J connectivity index is 1.34. The first-order chi connectivity index (χ1) is 17.8. The smallest absolute Gasteiger partial charge is 0.425 e. The number of anilines is 1. The zero-order valence-electron chi connectivity index (χ0n) is 19.7. The molecule has 0 aliphatic rings. The van der Waals surface area contributed by atoms with Crippen LogP contribution in [0.4, 0.5) is 14.6 Å². The summed E-state index contributed by atoms with van der Waals surface area (Å²) in [7, 11) is 1.73. The van der Waals surface area contributed by atoms with Gasteiger partial charge in [-0.1, -0.05) is 47.2 Å². The lowest BCUT2D eigenvalue weighted by Crippen LogP contribution is -2.40. The molecule has 0 spiro atoms. The van der Waals surface area contributed by atoms with Crippen molar-refractivity contribution in [3.63, 3.8) is 0 Å². The van der Waals surface area contributed by atoms with Crippen LogP contribution in [0.5, 0.6) is 5.75 Å². The highest BCUT2D eigenvalue weighted by Gasteiger charge is 2.42. The SMILES string of the molecule is Cc1ccc2nc(SCc3cccc(NC(=O)C(F)(F)Oc4ccccc4)n3)n(-c3nnnn3C)c2c1. The van der Waals surface area contributed by atoms with Gasteiger partial charge in [0.2, 0.25) is 0 Å². The summed E-state index contributed by atoms with van der Waals surface area (Å²) in [5, 5.41) is 14.5. The number of ether oxygens (including phenoxy) is 1. The predicted molar refractivity (Wildman–Crippen MR) is 133 cm³/mol. The Morgan fingerprint density at radius 3 is 2.65 bits per heavy atom. The van der Waals surface area contributed by atoms with Gasteiger partial charge in [0.05, 0.1) is 16.7 Å². The summed E-state index contributed by atoms with van der Waals surface area (Å²) < 4.78 is 36.6. The molecule has 0 unspecified atom stereocenters. The van der Waals surface area contributed by atoms with Gasteiger partial charge >= 0.3 is 12.0 Å². The van der Waals surface area contributed by atoms with Gasteiger partial charge in [0.15, 0.2) is 5.16 Å². The Morgan fingerprint density at radius 2 is 1.89 bits per heavy atom. The van der Waals surface area contributed by atoms with Crippen LogP contribution in [-0.2, 0) is 17.6 Å². The summed E-state index contributed by atoms with van der Waals surface area (Å²) in [6, 6.07) is 18.0. The fourth-order valence-corrected chi connectivity index (χ4v) is 4.42. The van der Waals surface area contributed by atoms with Gasteiger partial charge in [0, 0.05) is 12.8 Å². The van der Waals surface area contributed by atoms with Crippen LogP contribution in [0.25, 0.3) is 17.0 Å². The number of aryl methyl sites for hydroxylation is 2. The first-order valence-electron chi connectivity index (χ1n) is 11.0. The minimum atomic E-state index is -4.08. The van der Waals surface area contributed by atoms with Gasteiger partial charge in [-0.2, -0.15) is 8.78 Å².